The van der Waals surface area contributed by atoms with E-state index in [-0.39, 0.29) is 17.2 Å². The van der Waals surface area contributed by atoms with Crippen molar-refractivity contribution in [3.63, 3.8) is 0 Å². The summed E-state index contributed by atoms with van der Waals surface area (Å²) in [7, 11) is 0. The lowest BCUT2D eigenvalue weighted by atomic mass is 9.96. The molecule has 0 saturated heterocycles. The summed E-state index contributed by atoms with van der Waals surface area (Å²) in [4.78, 5) is 20.0. The fraction of sp³-hybridized carbons (Fsp3) is 0.615. The highest BCUT2D eigenvalue weighted by atomic mass is 16.1. The van der Waals surface area contributed by atoms with Crippen LogP contribution in [0.2, 0.25) is 0 Å². The number of rotatable bonds is 4. The molecule has 1 atom stereocenters. The molecule has 1 heterocycles. The lowest BCUT2D eigenvalue weighted by molar-refractivity contribution is -0.119. The van der Waals surface area contributed by atoms with Gasteiger partial charge in [-0.25, -0.2) is 9.97 Å². The van der Waals surface area contributed by atoms with Gasteiger partial charge >= 0.3 is 0 Å². The van der Waals surface area contributed by atoms with Crippen molar-refractivity contribution in [2.24, 2.45) is 11.7 Å². The van der Waals surface area contributed by atoms with Crippen molar-refractivity contribution in [3.05, 3.63) is 18.1 Å². The molecule has 0 aromatic carbocycles. The minimum Gasteiger partial charge on any atom is -0.368 e. The predicted octanol–water partition coefficient (Wildman–Crippen LogP) is 1.70. The zero-order valence-electron chi connectivity index (χ0n) is 11.7. The van der Waals surface area contributed by atoms with E-state index in [1.165, 1.54) is 0 Å². The molecule has 0 spiro atoms. The van der Waals surface area contributed by atoms with Gasteiger partial charge in [0.05, 0.1) is 0 Å². The topological polar surface area (TPSA) is 80.9 Å². The molecule has 1 rings (SSSR count). The van der Waals surface area contributed by atoms with E-state index in [2.05, 4.69) is 15.3 Å². The summed E-state index contributed by atoms with van der Waals surface area (Å²) in [5.41, 5.74) is 5.24. The van der Waals surface area contributed by atoms with Gasteiger partial charge in [0.15, 0.2) is 0 Å². The molecule has 1 aromatic heterocycles. The van der Waals surface area contributed by atoms with Crippen LogP contribution in [0.3, 0.4) is 0 Å². The number of nitrogens with zero attached hydrogens (tertiary/aromatic N) is 2. The summed E-state index contributed by atoms with van der Waals surface area (Å²) >= 11 is 0. The van der Waals surface area contributed by atoms with E-state index in [4.69, 9.17) is 5.73 Å². The number of hydrogen-bond donors (Lipinski definition) is 2. The van der Waals surface area contributed by atoms with Crippen molar-refractivity contribution >= 4 is 11.7 Å². The molecule has 0 unspecified atom stereocenters. The van der Waals surface area contributed by atoms with Gasteiger partial charge in [0, 0.05) is 11.6 Å². The number of anilines is 1. The summed E-state index contributed by atoms with van der Waals surface area (Å²) in [6.45, 7) is 10.0. The summed E-state index contributed by atoms with van der Waals surface area (Å²) in [5, 5.41) is 3.06. The van der Waals surface area contributed by atoms with Crippen molar-refractivity contribution in [1.29, 1.82) is 0 Å². The van der Waals surface area contributed by atoms with Crippen LogP contribution in [0.1, 0.15) is 40.4 Å². The van der Waals surface area contributed by atoms with Gasteiger partial charge < -0.3 is 11.1 Å². The Kier molecular flexibility index (Phi) is 4.27. The van der Waals surface area contributed by atoms with Gasteiger partial charge in [-0.3, -0.25) is 4.79 Å². The minimum absolute atomic E-state index is 0.107. The van der Waals surface area contributed by atoms with E-state index in [1.54, 1.807) is 12.3 Å². The van der Waals surface area contributed by atoms with Crippen molar-refractivity contribution in [2.45, 2.75) is 46.1 Å². The van der Waals surface area contributed by atoms with Gasteiger partial charge in [-0.15, -0.1) is 0 Å². The van der Waals surface area contributed by atoms with Gasteiger partial charge in [-0.05, 0) is 12.0 Å². The average molecular weight is 250 g/mol. The molecule has 1 amide bonds. The number of amides is 1. The number of carbonyl (C=O) groups excluding carboxylic acids is 1. The normalized spacial score (nSPS) is 13.4. The van der Waals surface area contributed by atoms with E-state index in [1.807, 2.05) is 34.6 Å². The first kappa shape index (κ1) is 14.4. The fourth-order valence-corrected chi connectivity index (χ4v) is 1.53. The SMILES string of the molecule is CC(C)[C@H](Nc1ccnc(C(C)(C)C)n1)C(N)=O. The summed E-state index contributed by atoms with van der Waals surface area (Å²) < 4.78 is 0. The number of aromatic nitrogens is 2. The number of carbonyl (C=O) groups is 1. The first-order valence-electron chi connectivity index (χ1n) is 6.11. The Morgan fingerprint density at radius 3 is 2.44 bits per heavy atom. The van der Waals surface area contributed by atoms with Crippen LogP contribution in [0.4, 0.5) is 5.82 Å². The molecule has 0 fully saturated rings. The molecule has 1 aromatic rings. The number of nitrogens with two attached hydrogens (primary N) is 1. The van der Waals surface area contributed by atoms with Crippen LogP contribution in [0.15, 0.2) is 12.3 Å². The van der Waals surface area contributed by atoms with E-state index in [0.29, 0.717) is 5.82 Å². The lowest BCUT2D eigenvalue weighted by Gasteiger charge is -2.21. The van der Waals surface area contributed by atoms with E-state index < -0.39 is 6.04 Å². The molecular weight excluding hydrogens is 228 g/mol. The Bertz CT molecular complexity index is 423. The number of nitrogens with one attached hydrogen (secondary N) is 1. The Hall–Kier alpha value is -1.65. The second-order valence-corrected chi connectivity index (χ2v) is 5.78. The molecule has 18 heavy (non-hydrogen) atoms. The predicted molar refractivity (Wildman–Crippen MR) is 72.2 cm³/mol. The van der Waals surface area contributed by atoms with Crippen molar-refractivity contribution in [3.8, 4) is 0 Å². The smallest absolute Gasteiger partial charge is 0.240 e. The van der Waals surface area contributed by atoms with Crippen LogP contribution in [-0.2, 0) is 10.2 Å². The summed E-state index contributed by atoms with van der Waals surface area (Å²) in [6, 6.07) is 1.32. The van der Waals surface area contributed by atoms with Crippen LogP contribution >= 0.6 is 0 Å². The van der Waals surface area contributed by atoms with Gasteiger partial charge in [0.1, 0.15) is 17.7 Å². The maximum absolute atomic E-state index is 11.3. The van der Waals surface area contributed by atoms with Crippen molar-refractivity contribution < 1.29 is 4.79 Å². The monoisotopic (exact) mass is 250 g/mol. The molecular formula is C13H22N4O. The first-order chi connectivity index (χ1) is 8.21. The summed E-state index contributed by atoms with van der Waals surface area (Å²) in [6.07, 6.45) is 1.69. The molecule has 3 N–H and O–H groups in total. The van der Waals surface area contributed by atoms with E-state index in [0.717, 1.165) is 5.82 Å². The van der Waals surface area contributed by atoms with Gasteiger partial charge in [0.25, 0.3) is 0 Å². The fourth-order valence-electron chi connectivity index (χ4n) is 1.53. The molecule has 5 heteroatoms. The highest BCUT2D eigenvalue weighted by molar-refractivity contribution is 5.82. The number of primary amides is 1. The Balaban J connectivity index is 2.94. The Labute approximate surface area is 108 Å². The standard InChI is InChI=1S/C13H22N4O/c1-8(2)10(11(14)18)16-9-6-7-15-12(17-9)13(3,4)5/h6-8,10H,1-5H3,(H2,14,18)(H,15,16,17)/t10-/m0/s1. The lowest BCUT2D eigenvalue weighted by Crippen LogP contribution is -2.39. The van der Waals surface area contributed by atoms with Crippen molar-refractivity contribution in [2.75, 3.05) is 5.32 Å². The second kappa shape index (κ2) is 5.33. The molecule has 0 aliphatic carbocycles. The number of hydrogen-bond acceptors (Lipinski definition) is 4. The van der Waals surface area contributed by atoms with Crippen LogP contribution < -0.4 is 11.1 Å². The van der Waals surface area contributed by atoms with E-state index >= 15 is 0 Å². The Morgan fingerprint density at radius 1 is 1.39 bits per heavy atom. The first-order valence-corrected chi connectivity index (χ1v) is 6.11. The van der Waals surface area contributed by atoms with Crippen LogP contribution in [-0.4, -0.2) is 21.9 Å². The average Bonchev–Trinajstić information content (AvgIpc) is 2.24. The maximum Gasteiger partial charge on any atom is 0.240 e. The van der Waals surface area contributed by atoms with Crippen molar-refractivity contribution in [1.82, 2.24) is 9.97 Å². The largest absolute Gasteiger partial charge is 0.368 e. The molecule has 5 nitrogen and oxygen atoms in total. The highest BCUT2D eigenvalue weighted by Gasteiger charge is 2.21. The molecule has 100 valence electrons. The molecule has 0 aliphatic heterocycles. The molecule has 0 bridgehead atoms. The zero-order valence-corrected chi connectivity index (χ0v) is 11.7. The van der Waals surface area contributed by atoms with Gasteiger partial charge in [0.2, 0.25) is 5.91 Å². The summed E-state index contributed by atoms with van der Waals surface area (Å²) in [5.74, 6) is 1.10. The zero-order chi connectivity index (χ0) is 13.9. The third-order valence-electron chi connectivity index (χ3n) is 2.60. The van der Waals surface area contributed by atoms with Crippen LogP contribution in [0, 0.1) is 5.92 Å². The third-order valence-corrected chi connectivity index (χ3v) is 2.60. The van der Waals surface area contributed by atoms with Crippen LogP contribution in [0.25, 0.3) is 0 Å². The Morgan fingerprint density at radius 2 is 2.00 bits per heavy atom. The molecule has 0 radical (unpaired) electrons. The van der Waals surface area contributed by atoms with Crippen LogP contribution in [0.5, 0.6) is 0 Å². The van der Waals surface area contributed by atoms with Gasteiger partial charge in [-0.1, -0.05) is 34.6 Å². The second-order valence-electron chi connectivity index (χ2n) is 5.78. The molecule has 0 aliphatic rings. The maximum atomic E-state index is 11.3. The van der Waals surface area contributed by atoms with E-state index in [9.17, 15) is 4.79 Å². The highest BCUT2D eigenvalue weighted by Crippen LogP contribution is 2.19. The third kappa shape index (κ3) is 3.68. The van der Waals surface area contributed by atoms with Gasteiger partial charge in [-0.2, -0.15) is 0 Å². The quantitative estimate of drug-likeness (QED) is 0.852. The minimum atomic E-state index is -0.423. The molecule has 0 saturated carbocycles.